The topological polar surface area (TPSA) is 15.3 Å². The lowest BCUT2D eigenvalue weighted by atomic mass is 9.89. The molecular formula is C17H27FN2. The van der Waals surface area contributed by atoms with E-state index in [0.717, 1.165) is 31.6 Å². The van der Waals surface area contributed by atoms with Crippen molar-refractivity contribution in [1.29, 1.82) is 0 Å². The molecule has 1 aliphatic heterocycles. The molecule has 0 bridgehead atoms. The lowest BCUT2D eigenvalue weighted by Gasteiger charge is -2.33. The van der Waals surface area contributed by atoms with E-state index < -0.39 is 0 Å². The molecule has 2 rings (SSSR count). The first kappa shape index (κ1) is 15.5. The Morgan fingerprint density at radius 1 is 1.35 bits per heavy atom. The van der Waals surface area contributed by atoms with Crippen LogP contribution in [0.25, 0.3) is 0 Å². The lowest BCUT2D eigenvalue weighted by Crippen LogP contribution is -2.35. The van der Waals surface area contributed by atoms with Crippen molar-refractivity contribution in [2.45, 2.75) is 38.6 Å². The molecule has 1 saturated heterocycles. The molecule has 2 atom stereocenters. The van der Waals surface area contributed by atoms with E-state index in [1.807, 2.05) is 6.07 Å². The van der Waals surface area contributed by atoms with Gasteiger partial charge in [0, 0.05) is 6.04 Å². The summed E-state index contributed by atoms with van der Waals surface area (Å²) in [5.74, 6) is 0.441. The van der Waals surface area contributed by atoms with Gasteiger partial charge in [-0.2, -0.15) is 0 Å². The standard InChI is InChI=1S/C17H27FN2/c1-3-10-19-13-15-7-4-5-11-20(2)17(15)14-8-6-9-16(18)12-14/h6,8-9,12,15,17,19H,3-5,7,10-11,13H2,1-2H3. The molecule has 0 amide bonds. The molecule has 2 nitrogen and oxygen atoms in total. The van der Waals surface area contributed by atoms with Gasteiger partial charge in [0.1, 0.15) is 5.82 Å². The normalized spacial score (nSPS) is 24.6. The van der Waals surface area contributed by atoms with Crippen LogP contribution in [0.3, 0.4) is 0 Å². The minimum Gasteiger partial charge on any atom is -0.316 e. The van der Waals surface area contributed by atoms with Gasteiger partial charge in [0.2, 0.25) is 0 Å². The van der Waals surface area contributed by atoms with Gasteiger partial charge in [-0.1, -0.05) is 25.5 Å². The third-order valence-electron chi connectivity index (χ3n) is 4.28. The highest BCUT2D eigenvalue weighted by Gasteiger charge is 2.28. The third kappa shape index (κ3) is 4.03. The van der Waals surface area contributed by atoms with E-state index in [4.69, 9.17) is 0 Å². The highest BCUT2D eigenvalue weighted by molar-refractivity contribution is 5.21. The number of rotatable bonds is 5. The van der Waals surface area contributed by atoms with Crippen LogP contribution < -0.4 is 5.32 Å². The Morgan fingerprint density at radius 2 is 2.20 bits per heavy atom. The fourth-order valence-corrected chi connectivity index (χ4v) is 3.32. The van der Waals surface area contributed by atoms with Gasteiger partial charge in [-0.25, -0.2) is 4.39 Å². The van der Waals surface area contributed by atoms with Crippen molar-refractivity contribution in [3.05, 3.63) is 35.6 Å². The number of hydrogen-bond acceptors (Lipinski definition) is 2. The summed E-state index contributed by atoms with van der Waals surface area (Å²) in [7, 11) is 2.17. The number of nitrogens with one attached hydrogen (secondary N) is 1. The van der Waals surface area contributed by atoms with Gasteiger partial charge in [0.15, 0.2) is 0 Å². The molecule has 0 aliphatic carbocycles. The highest BCUT2D eigenvalue weighted by atomic mass is 19.1. The minimum absolute atomic E-state index is 0.125. The number of benzene rings is 1. The van der Waals surface area contributed by atoms with E-state index in [1.165, 1.54) is 25.3 Å². The average Bonchev–Trinajstić information content (AvgIpc) is 2.61. The number of halogens is 1. The van der Waals surface area contributed by atoms with Gasteiger partial charge in [-0.15, -0.1) is 0 Å². The molecule has 112 valence electrons. The molecule has 0 spiro atoms. The fraction of sp³-hybridized carbons (Fsp3) is 0.647. The predicted octanol–water partition coefficient (Wildman–Crippen LogP) is 3.60. The summed E-state index contributed by atoms with van der Waals surface area (Å²) < 4.78 is 13.6. The number of hydrogen-bond donors (Lipinski definition) is 1. The Morgan fingerprint density at radius 3 is 2.95 bits per heavy atom. The van der Waals surface area contributed by atoms with Gasteiger partial charge in [0.05, 0.1) is 0 Å². The van der Waals surface area contributed by atoms with Gasteiger partial charge in [-0.05, 0) is 69.6 Å². The molecule has 3 heteroatoms. The van der Waals surface area contributed by atoms with Crippen molar-refractivity contribution >= 4 is 0 Å². The van der Waals surface area contributed by atoms with Crippen molar-refractivity contribution in [2.75, 3.05) is 26.7 Å². The molecule has 1 N–H and O–H groups in total. The van der Waals surface area contributed by atoms with E-state index in [0.29, 0.717) is 12.0 Å². The molecule has 20 heavy (non-hydrogen) atoms. The molecule has 1 aliphatic rings. The largest absolute Gasteiger partial charge is 0.316 e. The lowest BCUT2D eigenvalue weighted by molar-refractivity contribution is 0.189. The molecule has 1 aromatic rings. The zero-order chi connectivity index (χ0) is 14.4. The Labute approximate surface area is 122 Å². The Balaban J connectivity index is 2.16. The van der Waals surface area contributed by atoms with Crippen LogP contribution in [0.5, 0.6) is 0 Å². The van der Waals surface area contributed by atoms with Crippen LogP contribution in [-0.2, 0) is 0 Å². The van der Waals surface area contributed by atoms with Crippen LogP contribution in [0.15, 0.2) is 24.3 Å². The maximum atomic E-state index is 13.6. The second kappa shape index (κ2) is 7.75. The van der Waals surface area contributed by atoms with Gasteiger partial charge >= 0.3 is 0 Å². The first-order valence-electron chi connectivity index (χ1n) is 7.88. The second-order valence-corrected chi connectivity index (χ2v) is 5.94. The summed E-state index contributed by atoms with van der Waals surface area (Å²) in [5, 5.41) is 3.55. The molecule has 1 aromatic carbocycles. The highest BCUT2D eigenvalue weighted by Crippen LogP contribution is 2.34. The van der Waals surface area contributed by atoms with Crippen LogP contribution in [0.4, 0.5) is 4.39 Å². The molecule has 0 aromatic heterocycles. The van der Waals surface area contributed by atoms with Gasteiger partial charge in [-0.3, -0.25) is 4.90 Å². The van der Waals surface area contributed by atoms with Crippen molar-refractivity contribution in [1.82, 2.24) is 10.2 Å². The average molecular weight is 278 g/mol. The van der Waals surface area contributed by atoms with E-state index >= 15 is 0 Å². The van der Waals surface area contributed by atoms with Crippen LogP contribution in [0.2, 0.25) is 0 Å². The monoisotopic (exact) mass is 278 g/mol. The van der Waals surface area contributed by atoms with E-state index in [-0.39, 0.29) is 5.82 Å². The summed E-state index contributed by atoms with van der Waals surface area (Å²) in [6.45, 7) is 5.39. The number of likely N-dealkylation sites (tertiary alicyclic amines) is 1. The van der Waals surface area contributed by atoms with Crippen molar-refractivity contribution in [3.63, 3.8) is 0 Å². The molecule has 1 heterocycles. The van der Waals surface area contributed by atoms with Gasteiger partial charge in [0.25, 0.3) is 0 Å². The van der Waals surface area contributed by atoms with E-state index in [9.17, 15) is 4.39 Å². The molecule has 1 fully saturated rings. The van der Waals surface area contributed by atoms with Crippen molar-refractivity contribution in [2.24, 2.45) is 5.92 Å². The van der Waals surface area contributed by atoms with Crippen molar-refractivity contribution < 1.29 is 4.39 Å². The predicted molar refractivity (Wildman–Crippen MR) is 82.3 cm³/mol. The molecule has 0 saturated carbocycles. The zero-order valence-electron chi connectivity index (χ0n) is 12.7. The van der Waals surface area contributed by atoms with Crippen LogP contribution >= 0.6 is 0 Å². The van der Waals surface area contributed by atoms with Gasteiger partial charge < -0.3 is 5.32 Å². The van der Waals surface area contributed by atoms with Crippen LogP contribution in [0.1, 0.15) is 44.2 Å². The fourth-order valence-electron chi connectivity index (χ4n) is 3.32. The number of nitrogens with zero attached hydrogens (tertiary/aromatic N) is 1. The Hall–Kier alpha value is -0.930. The maximum absolute atomic E-state index is 13.6. The molecular weight excluding hydrogens is 251 g/mol. The van der Waals surface area contributed by atoms with Crippen LogP contribution in [0, 0.1) is 11.7 Å². The summed E-state index contributed by atoms with van der Waals surface area (Å²) in [5.41, 5.74) is 1.12. The third-order valence-corrected chi connectivity index (χ3v) is 4.28. The minimum atomic E-state index is -0.125. The quantitative estimate of drug-likeness (QED) is 0.828. The Bertz CT molecular complexity index is 408. The zero-order valence-corrected chi connectivity index (χ0v) is 12.7. The summed E-state index contributed by atoms with van der Waals surface area (Å²) in [6, 6.07) is 7.48. The Kier molecular flexibility index (Phi) is 5.99. The SMILES string of the molecule is CCCNCC1CCCCN(C)C1c1cccc(F)c1. The van der Waals surface area contributed by atoms with E-state index in [2.05, 4.69) is 30.3 Å². The summed E-state index contributed by atoms with van der Waals surface area (Å²) in [4.78, 5) is 2.40. The smallest absolute Gasteiger partial charge is 0.123 e. The van der Waals surface area contributed by atoms with Crippen molar-refractivity contribution in [3.8, 4) is 0 Å². The van der Waals surface area contributed by atoms with Crippen LogP contribution in [-0.4, -0.2) is 31.6 Å². The maximum Gasteiger partial charge on any atom is 0.123 e. The summed E-state index contributed by atoms with van der Waals surface area (Å²) >= 11 is 0. The first-order valence-corrected chi connectivity index (χ1v) is 7.88. The molecule has 0 radical (unpaired) electrons. The van der Waals surface area contributed by atoms with E-state index in [1.54, 1.807) is 6.07 Å². The molecule has 2 unspecified atom stereocenters. The first-order chi connectivity index (χ1) is 9.72. The summed E-state index contributed by atoms with van der Waals surface area (Å²) in [6.07, 6.45) is 4.90. The second-order valence-electron chi connectivity index (χ2n) is 5.94.